The fourth-order valence-electron chi connectivity index (χ4n) is 2.54. The summed E-state index contributed by atoms with van der Waals surface area (Å²) >= 11 is 6.25. The van der Waals surface area contributed by atoms with E-state index in [0.717, 1.165) is 36.6 Å². The molecule has 0 saturated heterocycles. The second kappa shape index (κ2) is 5.38. The molecule has 4 nitrogen and oxygen atoms in total. The Bertz CT molecular complexity index is 375. The lowest BCUT2D eigenvalue weighted by atomic mass is 10.00. The Morgan fingerprint density at radius 3 is 2.88 bits per heavy atom. The maximum absolute atomic E-state index is 6.25. The third-order valence-electron chi connectivity index (χ3n) is 3.51. The molecule has 0 spiro atoms. The van der Waals surface area contributed by atoms with Crippen molar-refractivity contribution < 1.29 is 0 Å². The summed E-state index contributed by atoms with van der Waals surface area (Å²) in [5.41, 5.74) is 7.29. The number of nitrogens with two attached hydrogens (primary N) is 1. The fourth-order valence-corrected chi connectivity index (χ4v) is 2.82. The van der Waals surface area contributed by atoms with E-state index in [1.807, 2.05) is 4.68 Å². The van der Waals surface area contributed by atoms with Crippen LogP contribution in [-0.4, -0.2) is 41.4 Å². The first-order valence-electron chi connectivity index (χ1n) is 6.21. The number of nitrogens with zero attached hydrogens (tertiary/aromatic N) is 3. The molecule has 0 bridgehead atoms. The van der Waals surface area contributed by atoms with Crippen LogP contribution in [0.4, 0.5) is 0 Å². The first-order valence-corrected chi connectivity index (χ1v) is 6.59. The Morgan fingerprint density at radius 2 is 2.29 bits per heavy atom. The molecule has 0 aliphatic heterocycles. The quantitative estimate of drug-likeness (QED) is 0.892. The second-order valence-electron chi connectivity index (χ2n) is 5.11. The van der Waals surface area contributed by atoms with E-state index >= 15 is 0 Å². The Morgan fingerprint density at radius 1 is 1.53 bits per heavy atom. The first-order chi connectivity index (χ1) is 8.09. The van der Waals surface area contributed by atoms with Crippen LogP contribution in [-0.2, 0) is 6.54 Å². The zero-order chi connectivity index (χ0) is 12.4. The molecule has 1 heterocycles. The molecule has 0 radical (unpaired) electrons. The molecule has 5 heteroatoms. The van der Waals surface area contributed by atoms with Crippen LogP contribution in [0.25, 0.3) is 0 Å². The van der Waals surface area contributed by atoms with Crippen molar-refractivity contribution in [2.24, 2.45) is 5.73 Å². The van der Waals surface area contributed by atoms with E-state index in [1.54, 1.807) is 6.20 Å². The number of likely N-dealkylation sites (N-methyl/N-ethyl adjacent to an activating group) is 1. The van der Waals surface area contributed by atoms with Crippen molar-refractivity contribution >= 4 is 11.6 Å². The summed E-state index contributed by atoms with van der Waals surface area (Å²) in [7, 11) is 4.12. The molecule has 0 aromatic carbocycles. The van der Waals surface area contributed by atoms with Gasteiger partial charge in [-0.25, -0.2) is 0 Å². The van der Waals surface area contributed by atoms with Gasteiger partial charge in [0.1, 0.15) is 0 Å². The number of hydrogen-bond donors (Lipinski definition) is 1. The molecule has 1 aromatic rings. The highest BCUT2D eigenvalue weighted by Crippen LogP contribution is 2.36. The molecule has 1 aromatic heterocycles. The van der Waals surface area contributed by atoms with E-state index < -0.39 is 0 Å². The molecule has 2 unspecified atom stereocenters. The SMILES string of the molecule is CN(C)CCn1ncc(Cl)c1C1CCCC1N. The van der Waals surface area contributed by atoms with Gasteiger partial charge >= 0.3 is 0 Å². The topological polar surface area (TPSA) is 47.1 Å². The summed E-state index contributed by atoms with van der Waals surface area (Å²) < 4.78 is 2.03. The summed E-state index contributed by atoms with van der Waals surface area (Å²) in [6.45, 7) is 1.84. The average Bonchev–Trinajstić information content (AvgIpc) is 2.82. The van der Waals surface area contributed by atoms with Crippen LogP contribution < -0.4 is 5.73 Å². The zero-order valence-electron chi connectivity index (χ0n) is 10.6. The number of hydrogen-bond acceptors (Lipinski definition) is 3. The molecule has 1 saturated carbocycles. The molecule has 2 rings (SSSR count). The monoisotopic (exact) mass is 256 g/mol. The number of rotatable bonds is 4. The van der Waals surface area contributed by atoms with Crippen LogP contribution in [0.15, 0.2) is 6.20 Å². The lowest BCUT2D eigenvalue weighted by Crippen LogP contribution is -2.27. The third kappa shape index (κ3) is 2.81. The molecule has 2 N–H and O–H groups in total. The van der Waals surface area contributed by atoms with E-state index in [-0.39, 0.29) is 6.04 Å². The van der Waals surface area contributed by atoms with E-state index in [4.69, 9.17) is 17.3 Å². The fraction of sp³-hybridized carbons (Fsp3) is 0.750. The van der Waals surface area contributed by atoms with Gasteiger partial charge in [-0.05, 0) is 26.9 Å². The van der Waals surface area contributed by atoms with Crippen LogP contribution in [0, 0.1) is 0 Å². The summed E-state index contributed by atoms with van der Waals surface area (Å²) in [6, 6.07) is 0.238. The summed E-state index contributed by atoms with van der Waals surface area (Å²) in [4.78, 5) is 2.15. The number of halogens is 1. The van der Waals surface area contributed by atoms with Crippen molar-refractivity contribution in [3.63, 3.8) is 0 Å². The van der Waals surface area contributed by atoms with Gasteiger partial charge in [-0.2, -0.15) is 5.10 Å². The largest absolute Gasteiger partial charge is 0.327 e. The smallest absolute Gasteiger partial charge is 0.0821 e. The standard InChI is InChI=1S/C12H21ClN4/c1-16(2)6-7-17-12(10(13)8-15-17)9-4-3-5-11(9)14/h8-9,11H,3-7,14H2,1-2H3. The van der Waals surface area contributed by atoms with E-state index in [0.29, 0.717) is 5.92 Å². The molecular weight excluding hydrogens is 236 g/mol. The highest BCUT2D eigenvalue weighted by atomic mass is 35.5. The maximum Gasteiger partial charge on any atom is 0.0821 e. The predicted octanol–water partition coefficient (Wildman–Crippen LogP) is 1.69. The third-order valence-corrected chi connectivity index (χ3v) is 3.80. The summed E-state index contributed by atoms with van der Waals surface area (Å²) in [5.74, 6) is 0.382. The maximum atomic E-state index is 6.25. The highest BCUT2D eigenvalue weighted by molar-refractivity contribution is 6.31. The van der Waals surface area contributed by atoms with Gasteiger partial charge in [-0.1, -0.05) is 18.0 Å². The van der Waals surface area contributed by atoms with Crippen molar-refractivity contribution in [1.82, 2.24) is 14.7 Å². The van der Waals surface area contributed by atoms with Crippen LogP contribution in [0.3, 0.4) is 0 Å². The minimum absolute atomic E-state index is 0.238. The lowest BCUT2D eigenvalue weighted by molar-refractivity contribution is 0.365. The van der Waals surface area contributed by atoms with Crippen LogP contribution >= 0.6 is 11.6 Å². The minimum atomic E-state index is 0.238. The summed E-state index contributed by atoms with van der Waals surface area (Å²) in [6.07, 6.45) is 5.17. The Balaban J connectivity index is 2.17. The van der Waals surface area contributed by atoms with Gasteiger partial charge in [0.2, 0.25) is 0 Å². The molecule has 2 atom stereocenters. The molecule has 1 fully saturated rings. The van der Waals surface area contributed by atoms with Gasteiger partial charge in [0.25, 0.3) is 0 Å². The molecular formula is C12H21ClN4. The van der Waals surface area contributed by atoms with Crippen LogP contribution in [0.2, 0.25) is 5.02 Å². The van der Waals surface area contributed by atoms with Crippen molar-refractivity contribution in [1.29, 1.82) is 0 Å². The van der Waals surface area contributed by atoms with Gasteiger partial charge in [0, 0.05) is 18.5 Å². The molecule has 17 heavy (non-hydrogen) atoms. The van der Waals surface area contributed by atoms with E-state index in [1.165, 1.54) is 6.42 Å². The highest BCUT2D eigenvalue weighted by Gasteiger charge is 2.30. The minimum Gasteiger partial charge on any atom is -0.327 e. The van der Waals surface area contributed by atoms with Crippen molar-refractivity contribution in [3.05, 3.63) is 16.9 Å². The van der Waals surface area contributed by atoms with Gasteiger partial charge < -0.3 is 10.6 Å². The van der Waals surface area contributed by atoms with E-state index in [2.05, 4.69) is 24.1 Å². The first kappa shape index (κ1) is 12.9. The Kier molecular flexibility index (Phi) is 4.07. The lowest BCUT2D eigenvalue weighted by Gasteiger charge is -2.19. The Labute approximate surface area is 108 Å². The van der Waals surface area contributed by atoms with Gasteiger partial charge in [-0.15, -0.1) is 0 Å². The van der Waals surface area contributed by atoms with Crippen LogP contribution in [0.5, 0.6) is 0 Å². The molecule has 96 valence electrons. The van der Waals surface area contributed by atoms with Gasteiger partial charge in [-0.3, -0.25) is 4.68 Å². The van der Waals surface area contributed by atoms with Gasteiger partial charge in [0.15, 0.2) is 0 Å². The summed E-state index contributed by atoms with van der Waals surface area (Å²) in [5, 5.41) is 5.14. The molecule has 0 amide bonds. The van der Waals surface area contributed by atoms with Crippen LogP contribution in [0.1, 0.15) is 30.9 Å². The van der Waals surface area contributed by atoms with Crippen molar-refractivity contribution in [3.8, 4) is 0 Å². The van der Waals surface area contributed by atoms with Gasteiger partial charge in [0.05, 0.1) is 23.5 Å². The molecule has 1 aliphatic rings. The van der Waals surface area contributed by atoms with Crippen molar-refractivity contribution in [2.75, 3.05) is 20.6 Å². The second-order valence-corrected chi connectivity index (χ2v) is 5.51. The van der Waals surface area contributed by atoms with E-state index in [9.17, 15) is 0 Å². The zero-order valence-corrected chi connectivity index (χ0v) is 11.3. The molecule has 1 aliphatic carbocycles. The average molecular weight is 257 g/mol. The normalized spacial score (nSPS) is 24.8. The number of aromatic nitrogens is 2. The Hall–Kier alpha value is -0.580. The predicted molar refractivity (Wildman–Crippen MR) is 70.4 cm³/mol. The van der Waals surface area contributed by atoms with Crippen molar-refractivity contribution in [2.45, 2.75) is 37.8 Å².